The fourth-order valence-corrected chi connectivity index (χ4v) is 3.31. The molecular weight excluding hydrogens is 241 g/mol. The molecule has 0 N–H and O–H groups in total. The van der Waals surface area contributed by atoms with Crippen LogP contribution in [0.25, 0.3) is 0 Å². The summed E-state index contributed by atoms with van der Waals surface area (Å²) in [7, 11) is 1.77. The Balaban J connectivity index is 1.68. The number of allylic oxidation sites excluding steroid dienone is 2. The second kappa shape index (κ2) is 4.80. The number of rotatable bonds is 3. The van der Waals surface area contributed by atoms with E-state index in [1.54, 1.807) is 30.1 Å². The largest absolute Gasteiger partial charge is 0.341 e. The lowest BCUT2D eigenvalue weighted by Gasteiger charge is -2.25. The summed E-state index contributed by atoms with van der Waals surface area (Å²) in [5.41, 5.74) is 0.581. The Kier molecular flexibility index (Phi) is 3.13. The highest BCUT2D eigenvalue weighted by Crippen LogP contribution is 2.44. The van der Waals surface area contributed by atoms with Crippen LogP contribution >= 0.6 is 0 Å². The van der Waals surface area contributed by atoms with Crippen molar-refractivity contribution in [2.45, 2.75) is 19.4 Å². The summed E-state index contributed by atoms with van der Waals surface area (Å²) < 4.78 is 13.6. The molecule has 0 heterocycles. The van der Waals surface area contributed by atoms with Crippen molar-refractivity contribution in [3.8, 4) is 0 Å². The molecule has 0 spiro atoms. The smallest absolute Gasteiger partial charge is 0.226 e. The summed E-state index contributed by atoms with van der Waals surface area (Å²) in [6.07, 6.45) is 6.48. The SMILES string of the molecule is CN(Cc1ccccc1F)C(=O)C1CC2C=CC1C2. The molecule has 1 amide bonds. The molecule has 2 bridgehead atoms. The molecule has 1 fully saturated rings. The number of hydrogen-bond acceptors (Lipinski definition) is 1. The van der Waals surface area contributed by atoms with Gasteiger partial charge >= 0.3 is 0 Å². The molecule has 3 rings (SSSR count). The van der Waals surface area contributed by atoms with E-state index >= 15 is 0 Å². The van der Waals surface area contributed by atoms with Gasteiger partial charge in [-0.25, -0.2) is 4.39 Å². The summed E-state index contributed by atoms with van der Waals surface area (Å²) in [6.45, 7) is 0.350. The average molecular weight is 259 g/mol. The van der Waals surface area contributed by atoms with E-state index in [-0.39, 0.29) is 17.6 Å². The Morgan fingerprint density at radius 3 is 2.74 bits per heavy atom. The second-order valence-corrected chi connectivity index (χ2v) is 5.67. The minimum atomic E-state index is -0.241. The van der Waals surface area contributed by atoms with Crippen LogP contribution in [0.5, 0.6) is 0 Å². The molecule has 3 unspecified atom stereocenters. The number of nitrogens with zero attached hydrogens (tertiary/aromatic N) is 1. The number of hydrogen-bond donors (Lipinski definition) is 0. The first-order chi connectivity index (χ1) is 9.15. The van der Waals surface area contributed by atoms with E-state index in [4.69, 9.17) is 0 Å². The van der Waals surface area contributed by atoms with E-state index in [1.807, 2.05) is 0 Å². The second-order valence-electron chi connectivity index (χ2n) is 5.67. The first-order valence-electron chi connectivity index (χ1n) is 6.82. The van der Waals surface area contributed by atoms with Crippen molar-refractivity contribution >= 4 is 5.91 Å². The van der Waals surface area contributed by atoms with Crippen LogP contribution in [0.4, 0.5) is 4.39 Å². The Bertz CT molecular complexity index is 525. The quantitative estimate of drug-likeness (QED) is 0.764. The lowest BCUT2D eigenvalue weighted by Crippen LogP contribution is -2.34. The van der Waals surface area contributed by atoms with E-state index in [9.17, 15) is 9.18 Å². The van der Waals surface area contributed by atoms with E-state index in [0.29, 0.717) is 23.9 Å². The van der Waals surface area contributed by atoms with Gasteiger partial charge in [-0.05, 0) is 30.7 Å². The number of carbonyl (C=O) groups excluding carboxylic acids is 1. The molecule has 0 radical (unpaired) electrons. The molecule has 1 aromatic carbocycles. The van der Waals surface area contributed by atoms with Gasteiger partial charge in [0.2, 0.25) is 5.91 Å². The molecule has 1 saturated carbocycles. The van der Waals surface area contributed by atoms with Crippen LogP contribution in [0.15, 0.2) is 36.4 Å². The number of halogens is 1. The molecule has 0 aromatic heterocycles. The molecule has 2 nitrogen and oxygen atoms in total. The van der Waals surface area contributed by atoms with Crippen LogP contribution in [-0.2, 0) is 11.3 Å². The van der Waals surface area contributed by atoms with Crippen LogP contribution in [0.1, 0.15) is 18.4 Å². The van der Waals surface area contributed by atoms with E-state index < -0.39 is 0 Å². The van der Waals surface area contributed by atoms with Gasteiger partial charge in [-0.2, -0.15) is 0 Å². The van der Waals surface area contributed by atoms with Crippen LogP contribution in [0.2, 0.25) is 0 Å². The Morgan fingerprint density at radius 2 is 2.11 bits per heavy atom. The third-order valence-corrected chi connectivity index (χ3v) is 4.34. The van der Waals surface area contributed by atoms with Crippen molar-refractivity contribution in [1.82, 2.24) is 4.90 Å². The number of benzene rings is 1. The zero-order valence-corrected chi connectivity index (χ0v) is 11.1. The van der Waals surface area contributed by atoms with Gasteiger partial charge in [-0.1, -0.05) is 30.4 Å². The van der Waals surface area contributed by atoms with Crippen LogP contribution in [-0.4, -0.2) is 17.9 Å². The van der Waals surface area contributed by atoms with Gasteiger partial charge in [-0.3, -0.25) is 4.79 Å². The van der Waals surface area contributed by atoms with Gasteiger partial charge in [0, 0.05) is 25.1 Å². The minimum absolute atomic E-state index is 0.103. The van der Waals surface area contributed by atoms with Gasteiger partial charge in [0.1, 0.15) is 5.82 Å². The van der Waals surface area contributed by atoms with Crippen molar-refractivity contribution in [1.29, 1.82) is 0 Å². The van der Waals surface area contributed by atoms with Crippen molar-refractivity contribution in [2.75, 3.05) is 7.05 Å². The summed E-state index contributed by atoms with van der Waals surface area (Å²) in [5.74, 6) is 1.00. The monoisotopic (exact) mass is 259 g/mol. The molecule has 3 atom stereocenters. The molecule has 100 valence electrons. The molecule has 1 aromatic rings. The van der Waals surface area contributed by atoms with Crippen LogP contribution in [0.3, 0.4) is 0 Å². The molecule has 2 aliphatic rings. The zero-order valence-electron chi connectivity index (χ0n) is 11.1. The topological polar surface area (TPSA) is 20.3 Å². The predicted octanol–water partition coefficient (Wildman–Crippen LogP) is 3.00. The number of fused-ring (bicyclic) bond motifs is 2. The highest BCUT2D eigenvalue weighted by atomic mass is 19.1. The first kappa shape index (κ1) is 12.4. The summed E-state index contributed by atoms with van der Waals surface area (Å²) >= 11 is 0. The van der Waals surface area contributed by atoms with Crippen LogP contribution < -0.4 is 0 Å². The van der Waals surface area contributed by atoms with Gasteiger partial charge in [-0.15, -0.1) is 0 Å². The number of carbonyl (C=O) groups is 1. The van der Waals surface area contributed by atoms with Gasteiger partial charge < -0.3 is 4.90 Å². The maximum Gasteiger partial charge on any atom is 0.226 e. The third-order valence-electron chi connectivity index (χ3n) is 4.34. The standard InChI is InChI=1S/C16H18FNO/c1-18(10-13-4-2-3-5-15(13)17)16(19)14-9-11-6-7-12(14)8-11/h2-7,11-12,14H,8-10H2,1H3. The highest BCUT2D eigenvalue weighted by Gasteiger charge is 2.40. The van der Waals surface area contributed by atoms with Gasteiger partial charge in [0.15, 0.2) is 0 Å². The normalized spacial score (nSPS) is 27.8. The van der Waals surface area contributed by atoms with E-state index in [0.717, 1.165) is 12.8 Å². The minimum Gasteiger partial charge on any atom is -0.341 e. The van der Waals surface area contributed by atoms with E-state index in [1.165, 1.54) is 6.07 Å². The lowest BCUT2D eigenvalue weighted by molar-refractivity contribution is -0.135. The summed E-state index contributed by atoms with van der Waals surface area (Å²) in [6, 6.07) is 6.64. The Labute approximate surface area is 112 Å². The zero-order chi connectivity index (χ0) is 13.4. The number of amides is 1. The summed E-state index contributed by atoms with van der Waals surface area (Å²) in [4.78, 5) is 14.1. The first-order valence-corrected chi connectivity index (χ1v) is 6.82. The maximum absolute atomic E-state index is 13.6. The molecule has 0 saturated heterocycles. The van der Waals surface area contributed by atoms with Gasteiger partial charge in [0.05, 0.1) is 0 Å². The fraction of sp³-hybridized carbons (Fsp3) is 0.438. The lowest BCUT2D eigenvalue weighted by atomic mass is 9.92. The Hall–Kier alpha value is -1.64. The van der Waals surface area contributed by atoms with Crippen molar-refractivity contribution < 1.29 is 9.18 Å². The van der Waals surface area contributed by atoms with Crippen molar-refractivity contribution in [2.24, 2.45) is 17.8 Å². The molecule has 2 aliphatic carbocycles. The molecule has 19 heavy (non-hydrogen) atoms. The van der Waals surface area contributed by atoms with Gasteiger partial charge in [0.25, 0.3) is 0 Å². The third kappa shape index (κ3) is 2.29. The highest BCUT2D eigenvalue weighted by molar-refractivity contribution is 5.80. The molecule has 0 aliphatic heterocycles. The molecule has 3 heteroatoms. The average Bonchev–Trinajstić information content (AvgIpc) is 3.03. The predicted molar refractivity (Wildman–Crippen MR) is 71.7 cm³/mol. The Morgan fingerprint density at radius 1 is 1.32 bits per heavy atom. The fourth-order valence-electron chi connectivity index (χ4n) is 3.31. The van der Waals surface area contributed by atoms with Crippen molar-refractivity contribution in [3.63, 3.8) is 0 Å². The van der Waals surface area contributed by atoms with E-state index in [2.05, 4.69) is 12.2 Å². The van der Waals surface area contributed by atoms with Crippen molar-refractivity contribution in [3.05, 3.63) is 47.8 Å². The van der Waals surface area contributed by atoms with Crippen LogP contribution in [0, 0.1) is 23.6 Å². The summed E-state index contributed by atoms with van der Waals surface area (Å²) in [5, 5.41) is 0. The maximum atomic E-state index is 13.6. The molecular formula is C16H18FNO.